The van der Waals surface area contributed by atoms with Gasteiger partial charge in [-0.15, -0.1) is 11.3 Å². The second kappa shape index (κ2) is 9.51. The smallest absolute Gasteiger partial charge is 0.249 e. The lowest BCUT2D eigenvalue weighted by atomic mass is 9.96. The molecule has 0 saturated heterocycles. The molecule has 2 aromatic carbocycles. The second-order valence-corrected chi connectivity index (χ2v) is 8.95. The predicted molar refractivity (Wildman–Crippen MR) is 128 cm³/mol. The normalized spacial score (nSPS) is 13.1. The van der Waals surface area contributed by atoms with Crippen LogP contribution in [0.25, 0.3) is 6.08 Å². The number of nitrogens with zero attached hydrogens (tertiary/aromatic N) is 1. The van der Waals surface area contributed by atoms with Crippen molar-refractivity contribution < 1.29 is 14.4 Å². The van der Waals surface area contributed by atoms with Crippen LogP contribution in [0, 0.1) is 0 Å². The average Bonchev–Trinajstić information content (AvgIpc) is 3.15. The molecule has 3 aromatic rings. The molecule has 0 unspecified atom stereocenters. The van der Waals surface area contributed by atoms with Gasteiger partial charge in [-0.1, -0.05) is 54.1 Å². The lowest BCUT2D eigenvalue weighted by Gasteiger charge is -2.26. The van der Waals surface area contributed by atoms with Gasteiger partial charge in [-0.25, -0.2) is 0 Å². The number of hydrogen-bond donors (Lipinski definition) is 1. The maximum absolute atomic E-state index is 13.5. The lowest BCUT2D eigenvalue weighted by Crippen LogP contribution is -2.33. The third-order valence-corrected chi connectivity index (χ3v) is 6.77. The molecule has 1 aliphatic rings. The Kier molecular flexibility index (Phi) is 6.53. The average molecular weight is 465 g/mol. The molecule has 0 fully saturated rings. The third kappa shape index (κ3) is 4.66. The number of nitrogens with one attached hydrogen (secondary N) is 1. The minimum absolute atomic E-state index is 0.0144. The summed E-state index contributed by atoms with van der Waals surface area (Å²) in [7, 11) is 0. The van der Waals surface area contributed by atoms with Crippen molar-refractivity contribution in [3.8, 4) is 0 Å². The standard InChI is InChI=1S/C25H21ClN2O3S/c1-16(29)28-14-13-19-21(15-28)32-25(23(19)24(31)18-9-5-6-10-20(18)26)27-22(30)12-11-17-7-3-2-4-8-17/h2-12H,13-15H2,1H3,(H,27,30)/b12-11+. The van der Waals surface area contributed by atoms with Gasteiger partial charge in [0, 0.05) is 30.0 Å². The Morgan fingerprint density at radius 2 is 1.78 bits per heavy atom. The Labute approximate surface area is 195 Å². The zero-order valence-electron chi connectivity index (χ0n) is 17.4. The molecule has 1 N–H and O–H groups in total. The van der Waals surface area contributed by atoms with Crippen LogP contribution in [0.5, 0.6) is 0 Å². The number of carbonyl (C=O) groups excluding carboxylic acids is 3. The molecule has 0 spiro atoms. The highest BCUT2D eigenvalue weighted by molar-refractivity contribution is 7.17. The molecule has 0 aliphatic carbocycles. The number of anilines is 1. The van der Waals surface area contributed by atoms with Gasteiger partial charge < -0.3 is 10.2 Å². The number of thiophene rings is 1. The molecule has 0 saturated carbocycles. The van der Waals surface area contributed by atoms with Gasteiger partial charge in [0.25, 0.3) is 0 Å². The molecule has 0 radical (unpaired) electrons. The molecule has 1 aromatic heterocycles. The fraction of sp³-hybridized carbons (Fsp3) is 0.160. The number of fused-ring (bicyclic) bond motifs is 1. The van der Waals surface area contributed by atoms with E-state index in [1.165, 1.54) is 24.3 Å². The minimum atomic E-state index is -0.330. The number of carbonyl (C=O) groups is 3. The summed E-state index contributed by atoms with van der Waals surface area (Å²) in [6, 6.07) is 16.4. The predicted octanol–water partition coefficient (Wildman–Crippen LogP) is 5.19. The van der Waals surface area contributed by atoms with Gasteiger partial charge in [0.15, 0.2) is 5.78 Å². The Morgan fingerprint density at radius 3 is 2.50 bits per heavy atom. The van der Waals surface area contributed by atoms with Crippen molar-refractivity contribution in [2.24, 2.45) is 0 Å². The van der Waals surface area contributed by atoms with Crippen LogP contribution in [0.3, 0.4) is 0 Å². The van der Waals surface area contributed by atoms with Gasteiger partial charge in [-0.05, 0) is 35.8 Å². The van der Waals surface area contributed by atoms with E-state index in [0.717, 1.165) is 16.0 Å². The van der Waals surface area contributed by atoms with E-state index >= 15 is 0 Å². The molecule has 162 valence electrons. The SMILES string of the molecule is CC(=O)N1CCc2c(sc(NC(=O)/C=C/c3ccccc3)c2C(=O)c2ccccc2Cl)C1. The first-order valence-electron chi connectivity index (χ1n) is 10.2. The number of hydrogen-bond acceptors (Lipinski definition) is 4. The van der Waals surface area contributed by atoms with Crippen LogP contribution in [0.15, 0.2) is 60.7 Å². The highest BCUT2D eigenvalue weighted by atomic mass is 35.5. The van der Waals surface area contributed by atoms with Crippen LogP contribution in [0.1, 0.15) is 38.8 Å². The van der Waals surface area contributed by atoms with Crippen molar-refractivity contribution >= 4 is 51.6 Å². The molecule has 0 bridgehead atoms. The molecule has 2 amide bonds. The fourth-order valence-electron chi connectivity index (χ4n) is 3.67. The van der Waals surface area contributed by atoms with Crippen molar-refractivity contribution in [2.75, 3.05) is 11.9 Å². The van der Waals surface area contributed by atoms with Crippen LogP contribution < -0.4 is 5.32 Å². The van der Waals surface area contributed by atoms with E-state index in [4.69, 9.17) is 11.6 Å². The summed E-state index contributed by atoms with van der Waals surface area (Å²) in [5.41, 5.74) is 2.62. The van der Waals surface area contributed by atoms with Gasteiger partial charge >= 0.3 is 0 Å². The van der Waals surface area contributed by atoms with E-state index in [0.29, 0.717) is 40.7 Å². The molecule has 4 rings (SSSR count). The Morgan fingerprint density at radius 1 is 1.06 bits per heavy atom. The summed E-state index contributed by atoms with van der Waals surface area (Å²) in [6.07, 6.45) is 3.71. The highest BCUT2D eigenvalue weighted by Gasteiger charge is 2.30. The van der Waals surface area contributed by atoms with Gasteiger partial charge in [0.1, 0.15) is 5.00 Å². The summed E-state index contributed by atoms with van der Waals surface area (Å²) in [5.74, 6) is -0.574. The van der Waals surface area contributed by atoms with Gasteiger partial charge in [-0.3, -0.25) is 14.4 Å². The molecule has 1 aliphatic heterocycles. The quantitative estimate of drug-likeness (QED) is 0.417. The van der Waals surface area contributed by atoms with Crippen molar-refractivity contribution in [2.45, 2.75) is 19.9 Å². The number of halogens is 1. The molecule has 2 heterocycles. The van der Waals surface area contributed by atoms with E-state index in [-0.39, 0.29) is 17.6 Å². The van der Waals surface area contributed by atoms with Crippen LogP contribution in [-0.2, 0) is 22.6 Å². The highest BCUT2D eigenvalue weighted by Crippen LogP contribution is 2.39. The number of amides is 2. The van der Waals surface area contributed by atoms with Crippen molar-refractivity contribution in [3.05, 3.63) is 92.8 Å². The number of benzene rings is 2. The van der Waals surface area contributed by atoms with Crippen LogP contribution >= 0.6 is 22.9 Å². The van der Waals surface area contributed by atoms with Crippen molar-refractivity contribution in [1.29, 1.82) is 0 Å². The first-order valence-corrected chi connectivity index (χ1v) is 11.4. The first-order chi connectivity index (χ1) is 15.4. The van der Waals surface area contributed by atoms with Gasteiger partial charge in [-0.2, -0.15) is 0 Å². The molecule has 0 atom stereocenters. The molecular weight excluding hydrogens is 444 g/mol. The zero-order valence-corrected chi connectivity index (χ0v) is 19.0. The summed E-state index contributed by atoms with van der Waals surface area (Å²) in [5, 5.41) is 3.72. The topological polar surface area (TPSA) is 66.5 Å². The minimum Gasteiger partial charge on any atom is -0.337 e. The van der Waals surface area contributed by atoms with Crippen LogP contribution in [0.2, 0.25) is 5.02 Å². The number of ketones is 1. The van der Waals surface area contributed by atoms with E-state index in [2.05, 4.69) is 5.32 Å². The van der Waals surface area contributed by atoms with Crippen molar-refractivity contribution in [1.82, 2.24) is 4.90 Å². The lowest BCUT2D eigenvalue weighted by molar-refractivity contribution is -0.129. The van der Waals surface area contributed by atoms with E-state index < -0.39 is 0 Å². The Bertz CT molecular complexity index is 1220. The maximum atomic E-state index is 13.5. The van der Waals surface area contributed by atoms with Crippen molar-refractivity contribution in [3.63, 3.8) is 0 Å². The van der Waals surface area contributed by atoms with E-state index in [1.54, 1.807) is 35.2 Å². The summed E-state index contributed by atoms with van der Waals surface area (Å²) in [4.78, 5) is 40.6. The van der Waals surface area contributed by atoms with Gasteiger partial charge in [0.2, 0.25) is 11.8 Å². The summed E-state index contributed by atoms with van der Waals surface area (Å²) >= 11 is 7.63. The largest absolute Gasteiger partial charge is 0.337 e. The van der Waals surface area contributed by atoms with Crippen LogP contribution in [0.4, 0.5) is 5.00 Å². The summed E-state index contributed by atoms with van der Waals surface area (Å²) in [6.45, 7) is 2.49. The molecule has 7 heteroatoms. The Balaban J connectivity index is 1.69. The summed E-state index contributed by atoms with van der Waals surface area (Å²) < 4.78 is 0. The number of rotatable bonds is 5. The molecular formula is C25H21ClN2O3S. The second-order valence-electron chi connectivity index (χ2n) is 7.44. The molecule has 32 heavy (non-hydrogen) atoms. The monoisotopic (exact) mass is 464 g/mol. The Hall–Kier alpha value is -3.22. The zero-order chi connectivity index (χ0) is 22.7. The maximum Gasteiger partial charge on any atom is 0.249 e. The van der Waals surface area contributed by atoms with E-state index in [9.17, 15) is 14.4 Å². The van der Waals surface area contributed by atoms with Crippen LogP contribution in [-0.4, -0.2) is 29.0 Å². The van der Waals surface area contributed by atoms with E-state index in [1.807, 2.05) is 30.3 Å². The first kappa shape index (κ1) is 22.0. The molecule has 5 nitrogen and oxygen atoms in total. The van der Waals surface area contributed by atoms with Gasteiger partial charge in [0.05, 0.1) is 17.1 Å². The fourth-order valence-corrected chi connectivity index (χ4v) is 5.16. The third-order valence-electron chi connectivity index (χ3n) is 5.31.